The summed E-state index contributed by atoms with van der Waals surface area (Å²) in [5.74, 6) is 0.569. The second-order valence-electron chi connectivity index (χ2n) is 2.58. The number of aliphatic hydroxyl groups excluding tert-OH is 1. The molecule has 1 rings (SSSR count). The van der Waals surface area contributed by atoms with E-state index in [9.17, 15) is 0 Å². The second kappa shape index (κ2) is 4.18. The summed E-state index contributed by atoms with van der Waals surface area (Å²) in [4.78, 5) is 3.88. The van der Waals surface area contributed by atoms with Gasteiger partial charge in [-0.15, -0.1) is 0 Å². The number of hydrogen-bond acceptors (Lipinski definition) is 4. The van der Waals surface area contributed by atoms with Gasteiger partial charge >= 0.3 is 0 Å². The topological polar surface area (TPSA) is 60.2 Å². The van der Waals surface area contributed by atoms with Crippen molar-refractivity contribution in [3.8, 4) is 0 Å². The van der Waals surface area contributed by atoms with Gasteiger partial charge in [-0.25, -0.2) is 9.67 Å². The highest BCUT2D eigenvalue weighted by molar-refractivity contribution is 4.83. The largest absolute Gasteiger partial charge is 0.388 e. The van der Waals surface area contributed by atoms with Gasteiger partial charge in [0.2, 0.25) is 0 Å². The monoisotopic (exact) mass is 171 g/mol. The lowest BCUT2D eigenvalue weighted by Crippen LogP contribution is -2.15. The van der Waals surface area contributed by atoms with E-state index in [1.807, 2.05) is 6.92 Å². The fourth-order valence-corrected chi connectivity index (χ4v) is 1.07. The molecule has 1 aromatic heterocycles. The molecular weight excluding hydrogens is 158 g/mol. The van der Waals surface area contributed by atoms with Crippen LogP contribution in [-0.2, 0) is 11.3 Å². The summed E-state index contributed by atoms with van der Waals surface area (Å²) in [5, 5.41) is 12.8. The number of hydrogen-bond donors (Lipinski definition) is 1. The van der Waals surface area contributed by atoms with Gasteiger partial charge in [-0.05, 0) is 6.92 Å². The minimum atomic E-state index is -0.0892. The van der Waals surface area contributed by atoms with Crippen LogP contribution in [0.1, 0.15) is 18.8 Å². The summed E-state index contributed by atoms with van der Waals surface area (Å²) >= 11 is 0. The van der Waals surface area contributed by atoms with Crippen LogP contribution in [0.15, 0.2) is 6.33 Å². The standard InChI is InChI=1S/C7H13N3O2/c1-6(4-12-2)10-7(3-11)8-5-9-10/h5-6,11H,3-4H2,1-2H3. The molecule has 0 spiro atoms. The Morgan fingerprint density at radius 2 is 2.50 bits per heavy atom. The van der Waals surface area contributed by atoms with E-state index in [-0.39, 0.29) is 12.6 Å². The van der Waals surface area contributed by atoms with E-state index in [0.717, 1.165) is 0 Å². The molecule has 0 fully saturated rings. The number of aliphatic hydroxyl groups is 1. The summed E-state index contributed by atoms with van der Waals surface area (Å²) in [6.45, 7) is 2.43. The Morgan fingerprint density at radius 1 is 1.75 bits per heavy atom. The molecule has 0 aliphatic rings. The van der Waals surface area contributed by atoms with Crippen LogP contribution in [0.25, 0.3) is 0 Å². The summed E-state index contributed by atoms with van der Waals surface area (Å²) in [7, 11) is 1.63. The zero-order valence-corrected chi connectivity index (χ0v) is 7.27. The first kappa shape index (κ1) is 9.15. The highest BCUT2D eigenvalue weighted by Crippen LogP contribution is 2.06. The molecule has 1 unspecified atom stereocenters. The molecule has 5 nitrogen and oxygen atoms in total. The van der Waals surface area contributed by atoms with Crippen LogP contribution in [0.2, 0.25) is 0 Å². The van der Waals surface area contributed by atoms with Crippen LogP contribution >= 0.6 is 0 Å². The highest BCUT2D eigenvalue weighted by atomic mass is 16.5. The van der Waals surface area contributed by atoms with E-state index in [1.54, 1.807) is 11.8 Å². The summed E-state index contributed by atoms with van der Waals surface area (Å²) in [6, 6.07) is 0.111. The average Bonchev–Trinajstić information content (AvgIpc) is 2.51. The van der Waals surface area contributed by atoms with Gasteiger partial charge in [-0.2, -0.15) is 5.10 Å². The molecule has 0 radical (unpaired) electrons. The van der Waals surface area contributed by atoms with Crippen LogP contribution in [0, 0.1) is 0 Å². The van der Waals surface area contributed by atoms with E-state index in [2.05, 4.69) is 10.1 Å². The van der Waals surface area contributed by atoms with Crippen molar-refractivity contribution in [1.82, 2.24) is 14.8 Å². The molecular formula is C7H13N3O2. The molecule has 0 saturated heterocycles. The van der Waals surface area contributed by atoms with Gasteiger partial charge in [0.1, 0.15) is 12.9 Å². The Morgan fingerprint density at radius 3 is 3.08 bits per heavy atom. The molecule has 0 saturated carbocycles. The quantitative estimate of drug-likeness (QED) is 0.691. The van der Waals surface area contributed by atoms with Gasteiger partial charge in [0.25, 0.3) is 0 Å². The van der Waals surface area contributed by atoms with Gasteiger partial charge in [0.15, 0.2) is 5.82 Å². The maximum absolute atomic E-state index is 8.86. The van der Waals surface area contributed by atoms with Crippen LogP contribution < -0.4 is 0 Å². The predicted octanol–water partition coefficient (Wildman–Crippen LogP) is -0.0222. The number of methoxy groups -OCH3 is 1. The van der Waals surface area contributed by atoms with E-state index in [0.29, 0.717) is 12.4 Å². The molecule has 1 atom stereocenters. The summed E-state index contributed by atoms with van der Waals surface area (Å²) < 4.78 is 6.61. The van der Waals surface area contributed by atoms with Crippen LogP contribution in [0.5, 0.6) is 0 Å². The van der Waals surface area contributed by atoms with E-state index < -0.39 is 0 Å². The van der Waals surface area contributed by atoms with Crippen molar-refractivity contribution in [3.63, 3.8) is 0 Å². The molecule has 0 aliphatic carbocycles. The first-order valence-corrected chi connectivity index (χ1v) is 3.77. The SMILES string of the molecule is COCC(C)n1ncnc1CO. The van der Waals surface area contributed by atoms with Gasteiger partial charge < -0.3 is 9.84 Å². The lowest BCUT2D eigenvalue weighted by atomic mass is 10.3. The molecule has 1 N–H and O–H groups in total. The van der Waals surface area contributed by atoms with Crippen LogP contribution in [0.3, 0.4) is 0 Å². The van der Waals surface area contributed by atoms with E-state index >= 15 is 0 Å². The number of nitrogens with zero attached hydrogens (tertiary/aromatic N) is 3. The molecule has 5 heteroatoms. The molecule has 68 valence electrons. The van der Waals surface area contributed by atoms with Crippen molar-refractivity contribution in [1.29, 1.82) is 0 Å². The fourth-order valence-electron chi connectivity index (χ4n) is 1.07. The van der Waals surface area contributed by atoms with Gasteiger partial charge in [-0.1, -0.05) is 0 Å². The third kappa shape index (κ3) is 1.80. The third-order valence-corrected chi connectivity index (χ3v) is 1.61. The Labute approximate surface area is 71.0 Å². The van der Waals surface area contributed by atoms with Crippen LogP contribution in [0.4, 0.5) is 0 Å². The average molecular weight is 171 g/mol. The third-order valence-electron chi connectivity index (χ3n) is 1.61. The van der Waals surface area contributed by atoms with Gasteiger partial charge in [0, 0.05) is 7.11 Å². The zero-order chi connectivity index (χ0) is 8.97. The molecule has 0 amide bonds. The minimum Gasteiger partial charge on any atom is -0.388 e. The van der Waals surface area contributed by atoms with Gasteiger partial charge in [-0.3, -0.25) is 0 Å². The fraction of sp³-hybridized carbons (Fsp3) is 0.714. The Kier molecular flexibility index (Phi) is 3.19. The molecule has 0 bridgehead atoms. The van der Waals surface area contributed by atoms with Crippen molar-refractivity contribution in [2.75, 3.05) is 13.7 Å². The maximum atomic E-state index is 8.86. The Balaban J connectivity index is 2.71. The lowest BCUT2D eigenvalue weighted by molar-refractivity contribution is 0.151. The molecule has 0 aromatic carbocycles. The second-order valence-corrected chi connectivity index (χ2v) is 2.58. The van der Waals surface area contributed by atoms with Crippen molar-refractivity contribution in [3.05, 3.63) is 12.2 Å². The van der Waals surface area contributed by atoms with E-state index in [1.165, 1.54) is 6.33 Å². The lowest BCUT2D eigenvalue weighted by Gasteiger charge is -2.11. The first-order chi connectivity index (χ1) is 5.79. The first-order valence-electron chi connectivity index (χ1n) is 3.77. The summed E-state index contributed by atoms with van der Waals surface area (Å²) in [5.41, 5.74) is 0. The maximum Gasteiger partial charge on any atom is 0.152 e. The highest BCUT2D eigenvalue weighted by Gasteiger charge is 2.09. The number of aromatic nitrogens is 3. The Hall–Kier alpha value is -0.940. The summed E-state index contributed by atoms with van der Waals surface area (Å²) in [6.07, 6.45) is 1.43. The van der Waals surface area contributed by atoms with Crippen molar-refractivity contribution < 1.29 is 9.84 Å². The van der Waals surface area contributed by atoms with Crippen molar-refractivity contribution >= 4 is 0 Å². The smallest absolute Gasteiger partial charge is 0.152 e. The van der Waals surface area contributed by atoms with E-state index in [4.69, 9.17) is 9.84 Å². The molecule has 1 aromatic rings. The zero-order valence-electron chi connectivity index (χ0n) is 7.27. The minimum absolute atomic E-state index is 0.0892. The van der Waals surface area contributed by atoms with Crippen molar-refractivity contribution in [2.45, 2.75) is 19.6 Å². The number of rotatable bonds is 4. The van der Waals surface area contributed by atoms with Gasteiger partial charge in [0.05, 0.1) is 12.6 Å². The predicted molar refractivity (Wildman–Crippen MR) is 42.5 cm³/mol. The molecule has 0 aliphatic heterocycles. The Bertz CT molecular complexity index is 236. The normalized spacial score (nSPS) is 13.2. The van der Waals surface area contributed by atoms with Crippen LogP contribution in [-0.4, -0.2) is 33.6 Å². The number of ether oxygens (including phenoxy) is 1. The molecule has 1 heterocycles. The molecule has 12 heavy (non-hydrogen) atoms. The van der Waals surface area contributed by atoms with Crippen molar-refractivity contribution in [2.24, 2.45) is 0 Å².